The third-order valence-electron chi connectivity index (χ3n) is 13.2. The van der Waals surface area contributed by atoms with Gasteiger partial charge < -0.3 is 0 Å². The molecule has 4 heteroatoms. The average Bonchev–Trinajstić information content (AvgIpc) is 3.93. The van der Waals surface area contributed by atoms with Crippen LogP contribution >= 0.6 is 11.3 Å². The van der Waals surface area contributed by atoms with Gasteiger partial charge in [-0.3, -0.25) is 4.57 Å². The lowest BCUT2D eigenvalue weighted by Gasteiger charge is -2.22. The van der Waals surface area contributed by atoms with Crippen molar-refractivity contribution in [2.75, 3.05) is 0 Å². The van der Waals surface area contributed by atoms with Gasteiger partial charge in [0.2, 0.25) is 5.95 Å². The van der Waals surface area contributed by atoms with E-state index >= 15 is 0 Å². The first-order valence-corrected chi connectivity index (χ1v) is 21.8. The van der Waals surface area contributed by atoms with Crippen molar-refractivity contribution in [2.45, 2.75) is 19.3 Å². The Kier molecular flexibility index (Phi) is 7.23. The molecule has 0 unspecified atom stereocenters. The highest BCUT2D eigenvalue weighted by Gasteiger charge is 2.35. The molecule has 1 aliphatic carbocycles. The fourth-order valence-corrected chi connectivity index (χ4v) is 11.3. The molecule has 0 bridgehead atoms. The molecule has 0 radical (unpaired) electrons. The van der Waals surface area contributed by atoms with Gasteiger partial charge in [-0.05, 0) is 104 Å². The molecule has 0 spiro atoms. The predicted octanol–water partition coefficient (Wildman–Crippen LogP) is 15.6. The molecule has 0 amide bonds. The summed E-state index contributed by atoms with van der Waals surface area (Å²) in [6.45, 7) is 4.67. The summed E-state index contributed by atoms with van der Waals surface area (Å²) in [5.41, 5.74) is 15.2. The maximum Gasteiger partial charge on any atom is 0.235 e. The van der Waals surface area contributed by atoms with Crippen molar-refractivity contribution in [1.82, 2.24) is 14.5 Å². The van der Waals surface area contributed by atoms with E-state index in [-0.39, 0.29) is 5.41 Å². The molecule has 3 heterocycles. The van der Waals surface area contributed by atoms with Crippen LogP contribution in [-0.4, -0.2) is 14.5 Å². The Labute approximate surface area is 356 Å². The SMILES string of the molecule is CC1(C)c2ccccc2-c2ccc(-c3nc(-n4c5ccccc5c5c6cc(-c7ccc(-c8ccc9sc%10ccccc%10c9c8)cc7)ccc6ccc54)nc4ccccc34)cc21. The van der Waals surface area contributed by atoms with Crippen LogP contribution in [0.25, 0.3) is 114 Å². The second-order valence-corrected chi connectivity index (χ2v) is 18.0. The number of para-hydroxylation sites is 2. The molecule has 0 atom stereocenters. The normalized spacial score (nSPS) is 13.2. The minimum atomic E-state index is -0.114. The summed E-state index contributed by atoms with van der Waals surface area (Å²) in [6.07, 6.45) is 0. The minimum Gasteiger partial charge on any atom is -0.278 e. The number of nitrogens with zero attached hydrogens (tertiary/aromatic N) is 3. The van der Waals surface area contributed by atoms with Gasteiger partial charge in [-0.25, -0.2) is 9.97 Å². The van der Waals surface area contributed by atoms with E-state index in [2.05, 4.69) is 206 Å². The molecule has 0 saturated heterocycles. The molecule has 3 nitrogen and oxygen atoms in total. The van der Waals surface area contributed by atoms with E-state index in [0.29, 0.717) is 5.95 Å². The molecule has 0 saturated carbocycles. The van der Waals surface area contributed by atoms with Crippen LogP contribution in [0.15, 0.2) is 188 Å². The zero-order chi connectivity index (χ0) is 40.4. The summed E-state index contributed by atoms with van der Waals surface area (Å²) >= 11 is 1.86. The Morgan fingerprint density at radius 2 is 1.05 bits per heavy atom. The van der Waals surface area contributed by atoms with Gasteiger partial charge >= 0.3 is 0 Å². The molecule has 286 valence electrons. The average molecular weight is 796 g/mol. The van der Waals surface area contributed by atoms with Gasteiger partial charge in [-0.2, -0.15) is 0 Å². The Bertz CT molecular complexity index is 3790. The van der Waals surface area contributed by atoms with Crippen molar-refractivity contribution in [3.8, 4) is 50.6 Å². The molecule has 12 aromatic rings. The maximum atomic E-state index is 5.50. The summed E-state index contributed by atoms with van der Waals surface area (Å²) in [5, 5.41) is 8.50. The van der Waals surface area contributed by atoms with Gasteiger partial charge in [0.25, 0.3) is 0 Å². The van der Waals surface area contributed by atoms with E-state index in [0.717, 1.165) is 33.2 Å². The summed E-state index contributed by atoms with van der Waals surface area (Å²) in [4.78, 5) is 10.8. The molecular weight excluding hydrogens is 759 g/mol. The topological polar surface area (TPSA) is 30.7 Å². The Morgan fingerprint density at radius 3 is 1.90 bits per heavy atom. The fourth-order valence-electron chi connectivity index (χ4n) is 10.2. The number of hydrogen-bond acceptors (Lipinski definition) is 3. The number of rotatable bonds is 4. The molecular formula is C57H37N3S. The van der Waals surface area contributed by atoms with E-state index < -0.39 is 0 Å². The highest BCUT2D eigenvalue weighted by Crippen LogP contribution is 2.50. The predicted molar refractivity (Wildman–Crippen MR) is 258 cm³/mol. The van der Waals surface area contributed by atoms with Gasteiger partial charge in [0.05, 0.1) is 22.2 Å². The highest BCUT2D eigenvalue weighted by atomic mass is 32.1. The van der Waals surface area contributed by atoms with Crippen LogP contribution in [0, 0.1) is 0 Å². The largest absolute Gasteiger partial charge is 0.278 e. The fraction of sp³-hybridized carbons (Fsp3) is 0.0526. The number of benzene rings is 9. The number of hydrogen-bond donors (Lipinski definition) is 0. The van der Waals surface area contributed by atoms with E-state index in [1.165, 1.54) is 86.2 Å². The Balaban J connectivity index is 0.948. The third kappa shape index (κ3) is 5.09. The van der Waals surface area contributed by atoms with Gasteiger partial charge in [0.15, 0.2) is 0 Å². The number of aromatic nitrogens is 3. The molecule has 13 rings (SSSR count). The van der Waals surface area contributed by atoms with Gasteiger partial charge in [0, 0.05) is 47.3 Å². The van der Waals surface area contributed by atoms with Crippen LogP contribution in [0.4, 0.5) is 0 Å². The van der Waals surface area contributed by atoms with E-state index in [9.17, 15) is 0 Å². The molecule has 0 aliphatic heterocycles. The van der Waals surface area contributed by atoms with Crippen LogP contribution in [0.3, 0.4) is 0 Å². The lowest BCUT2D eigenvalue weighted by Crippen LogP contribution is -2.15. The van der Waals surface area contributed by atoms with Crippen molar-refractivity contribution in [3.05, 3.63) is 199 Å². The molecule has 0 N–H and O–H groups in total. The lowest BCUT2D eigenvalue weighted by atomic mass is 9.82. The standard InChI is InChI=1S/C57H37N3S/c1-57(2)47-15-7-3-11-40(47)41-28-25-39(33-48(41)57)55-43-13-4-8-16-49(43)58-56(59-55)60-50-17-9-5-14-44(50)54-45-31-37(24-23-36(45)26-29-51(54)60)34-19-21-35(22-20-34)38-27-30-53-46(32-38)42-12-6-10-18-52(42)61-53/h3-33H,1-2H3. The van der Waals surface area contributed by atoms with Gasteiger partial charge in [-0.15, -0.1) is 11.3 Å². The number of fused-ring (bicyclic) bond motifs is 12. The second kappa shape index (κ2) is 12.8. The van der Waals surface area contributed by atoms with Crippen LogP contribution in [0.5, 0.6) is 0 Å². The van der Waals surface area contributed by atoms with Crippen LogP contribution in [0.1, 0.15) is 25.0 Å². The smallest absolute Gasteiger partial charge is 0.235 e. The highest BCUT2D eigenvalue weighted by molar-refractivity contribution is 7.25. The van der Waals surface area contributed by atoms with Crippen molar-refractivity contribution in [3.63, 3.8) is 0 Å². The second-order valence-electron chi connectivity index (χ2n) is 17.0. The maximum absolute atomic E-state index is 5.50. The summed E-state index contributed by atoms with van der Waals surface area (Å²) < 4.78 is 4.93. The number of thiophene rings is 1. The third-order valence-corrected chi connectivity index (χ3v) is 14.4. The first-order chi connectivity index (χ1) is 30.0. The minimum absolute atomic E-state index is 0.114. The lowest BCUT2D eigenvalue weighted by molar-refractivity contribution is 0.660. The zero-order valence-electron chi connectivity index (χ0n) is 33.6. The molecule has 3 aromatic heterocycles. The summed E-state index contributed by atoms with van der Waals surface area (Å²) in [5.74, 6) is 0.669. The molecule has 0 fully saturated rings. The van der Waals surface area contributed by atoms with Crippen LogP contribution in [0.2, 0.25) is 0 Å². The molecule has 9 aromatic carbocycles. The monoisotopic (exact) mass is 795 g/mol. The molecule has 61 heavy (non-hydrogen) atoms. The van der Waals surface area contributed by atoms with Gasteiger partial charge in [-0.1, -0.05) is 153 Å². The van der Waals surface area contributed by atoms with Crippen LogP contribution < -0.4 is 0 Å². The quantitative estimate of drug-likeness (QED) is 0.178. The Hall–Kier alpha value is -7.40. The van der Waals surface area contributed by atoms with Crippen molar-refractivity contribution < 1.29 is 0 Å². The first kappa shape index (κ1) is 34.5. The van der Waals surface area contributed by atoms with E-state index in [1.807, 2.05) is 11.3 Å². The van der Waals surface area contributed by atoms with Gasteiger partial charge in [0.1, 0.15) is 0 Å². The van der Waals surface area contributed by atoms with Crippen molar-refractivity contribution >= 4 is 75.0 Å². The van der Waals surface area contributed by atoms with Crippen molar-refractivity contribution in [1.29, 1.82) is 0 Å². The first-order valence-electron chi connectivity index (χ1n) is 21.0. The van der Waals surface area contributed by atoms with E-state index in [4.69, 9.17) is 9.97 Å². The zero-order valence-corrected chi connectivity index (χ0v) is 34.5. The van der Waals surface area contributed by atoms with Crippen LogP contribution in [-0.2, 0) is 5.41 Å². The molecule has 1 aliphatic rings. The van der Waals surface area contributed by atoms with E-state index in [1.54, 1.807) is 0 Å². The summed E-state index contributed by atoms with van der Waals surface area (Å²) in [7, 11) is 0. The van der Waals surface area contributed by atoms with Crippen molar-refractivity contribution in [2.24, 2.45) is 0 Å². The summed E-state index contributed by atoms with van der Waals surface area (Å²) in [6, 6.07) is 68.8. The Morgan fingerprint density at radius 1 is 0.426 bits per heavy atom.